The molecular weight excluding hydrogens is 382 g/mol. The Morgan fingerprint density at radius 1 is 1.21 bits per heavy atom. The molecule has 0 spiro atoms. The summed E-state index contributed by atoms with van der Waals surface area (Å²) in [5.41, 5.74) is 0.594. The molecular formula is C18H21N5O4S. The van der Waals surface area contributed by atoms with Crippen LogP contribution in [0.25, 0.3) is 0 Å². The van der Waals surface area contributed by atoms with Crippen LogP contribution in [0.4, 0.5) is 17.5 Å². The van der Waals surface area contributed by atoms with Crippen LogP contribution in [-0.2, 0) is 14.8 Å². The largest absolute Gasteiger partial charge is 0.475 e. The number of carbonyl (C=O) groups is 1. The van der Waals surface area contributed by atoms with E-state index in [4.69, 9.17) is 9.88 Å². The second kappa shape index (κ2) is 7.02. The molecule has 9 nitrogen and oxygen atoms in total. The van der Waals surface area contributed by atoms with Crippen LogP contribution in [0.1, 0.15) is 32.6 Å². The molecule has 0 saturated heterocycles. The van der Waals surface area contributed by atoms with Crippen LogP contribution < -0.4 is 20.1 Å². The van der Waals surface area contributed by atoms with Gasteiger partial charge in [0.25, 0.3) is 5.91 Å². The first-order chi connectivity index (χ1) is 13.3. The molecule has 4 rings (SSSR count). The summed E-state index contributed by atoms with van der Waals surface area (Å²) in [6, 6.07) is 6.06. The molecule has 0 radical (unpaired) electrons. The lowest BCUT2D eigenvalue weighted by atomic mass is 10.1. The molecule has 148 valence electrons. The van der Waals surface area contributed by atoms with Crippen molar-refractivity contribution in [3.05, 3.63) is 30.5 Å². The second-order valence-corrected chi connectivity index (χ2v) is 8.54. The predicted molar refractivity (Wildman–Crippen MR) is 103 cm³/mol. The highest BCUT2D eigenvalue weighted by atomic mass is 32.2. The minimum Gasteiger partial charge on any atom is -0.475 e. The molecule has 2 aromatic rings. The lowest BCUT2D eigenvalue weighted by molar-refractivity contribution is -0.126. The van der Waals surface area contributed by atoms with E-state index in [2.05, 4.69) is 15.3 Å². The predicted octanol–water partition coefficient (Wildman–Crippen LogP) is 1.92. The van der Waals surface area contributed by atoms with Crippen LogP contribution in [0.15, 0.2) is 35.4 Å². The highest BCUT2D eigenvalue weighted by molar-refractivity contribution is 7.89. The van der Waals surface area contributed by atoms with Crippen molar-refractivity contribution in [3.63, 3.8) is 0 Å². The number of carbonyl (C=O) groups excluding carboxylic acids is 1. The Bertz CT molecular complexity index is 1000. The van der Waals surface area contributed by atoms with Crippen LogP contribution in [0.5, 0.6) is 5.75 Å². The summed E-state index contributed by atoms with van der Waals surface area (Å²) in [7, 11) is -3.75. The van der Waals surface area contributed by atoms with Gasteiger partial charge in [0, 0.05) is 11.7 Å². The number of nitrogens with one attached hydrogen (secondary N) is 1. The standard InChI is InChI=1S/C18H21N5O4S/c1-11-17(24)23(13-4-2-3-5-13)16-15(27-11)10-20-18(22-16)21-12-6-8-14(9-7-12)28(19,25)26/h6-11,13H,2-5H2,1H3,(H2,19,25,26)(H,20,21,22). The monoisotopic (exact) mass is 403 g/mol. The summed E-state index contributed by atoms with van der Waals surface area (Å²) in [6.07, 6.45) is 5.05. The van der Waals surface area contributed by atoms with Crippen molar-refractivity contribution in [3.8, 4) is 5.75 Å². The van der Waals surface area contributed by atoms with Crippen molar-refractivity contribution in [2.24, 2.45) is 5.14 Å². The summed E-state index contributed by atoms with van der Waals surface area (Å²) < 4.78 is 28.4. The van der Waals surface area contributed by atoms with E-state index in [1.807, 2.05) is 0 Å². The number of nitrogens with zero attached hydrogens (tertiary/aromatic N) is 3. The Morgan fingerprint density at radius 3 is 2.54 bits per heavy atom. The van der Waals surface area contributed by atoms with Gasteiger partial charge in [0.05, 0.1) is 11.1 Å². The number of sulfonamides is 1. The lowest BCUT2D eigenvalue weighted by Crippen LogP contribution is -2.49. The molecule has 1 atom stereocenters. The molecule has 1 aliphatic carbocycles. The molecule has 2 aliphatic rings. The van der Waals surface area contributed by atoms with Crippen molar-refractivity contribution < 1.29 is 17.9 Å². The summed E-state index contributed by atoms with van der Waals surface area (Å²) >= 11 is 0. The number of hydrogen-bond acceptors (Lipinski definition) is 7. The third kappa shape index (κ3) is 3.52. The summed E-state index contributed by atoms with van der Waals surface area (Å²) in [5, 5.41) is 8.13. The van der Waals surface area contributed by atoms with Gasteiger partial charge in [-0.3, -0.25) is 9.69 Å². The zero-order valence-corrected chi connectivity index (χ0v) is 16.1. The minimum absolute atomic E-state index is 0.0183. The molecule has 28 heavy (non-hydrogen) atoms. The molecule has 0 bridgehead atoms. The van der Waals surface area contributed by atoms with Crippen LogP contribution in [0.2, 0.25) is 0 Å². The molecule has 1 fully saturated rings. The number of rotatable bonds is 4. The Hall–Kier alpha value is -2.72. The zero-order chi connectivity index (χ0) is 19.9. The minimum atomic E-state index is -3.75. The van der Waals surface area contributed by atoms with E-state index in [1.165, 1.54) is 12.1 Å². The van der Waals surface area contributed by atoms with E-state index in [0.29, 0.717) is 17.3 Å². The summed E-state index contributed by atoms with van der Waals surface area (Å²) in [4.78, 5) is 23.2. The number of ether oxygens (including phenoxy) is 1. The number of fused-ring (bicyclic) bond motifs is 1. The van der Waals surface area contributed by atoms with Crippen LogP contribution >= 0.6 is 0 Å². The maximum atomic E-state index is 12.7. The number of benzene rings is 1. The third-order valence-electron chi connectivity index (χ3n) is 4.98. The fourth-order valence-electron chi connectivity index (χ4n) is 3.59. The number of amides is 1. The molecule has 1 aromatic carbocycles. The van der Waals surface area contributed by atoms with Gasteiger partial charge in [0.1, 0.15) is 0 Å². The summed E-state index contributed by atoms with van der Waals surface area (Å²) in [6.45, 7) is 1.73. The van der Waals surface area contributed by atoms with Gasteiger partial charge in [-0.1, -0.05) is 12.8 Å². The van der Waals surface area contributed by atoms with Crippen LogP contribution in [-0.4, -0.2) is 36.4 Å². The number of hydrogen-bond donors (Lipinski definition) is 2. The van der Waals surface area contributed by atoms with E-state index < -0.39 is 16.1 Å². The topological polar surface area (TPSA) is 128 Å². The first-order valence-electron chi connectivity index (χ1n) is 9.09. The second-order valence-electron chi connectivity index (χ2n) is 6.98. The van der Waals surface area contributed by atoms with Gasteiger partial charge in [-0.15, -0.1) is 0 Å². The van der Waals surface area contributed by atoms with Gasteiger partial charge in [0.15, 0.2) is 17.7 Å². The number of aromatic nitrogens is 2. The molecule has 2 heterocycles. The fraction of sp³-hybridized carbons (Fsp3) is 0.389. The lowest BCUT2D eigenvalue weighted by Gasteiger charge is -2.35. The van der Waals surface area contributed by atoms with Gasteiger partial charge in [-0.25, -0.2) is 18.5 Å². The molecule has 1 aromatic heterocycles. The van der Waals surface area contributed by atoms with E-state index in [9.17, 15) is 13.2 Å². The average molecular weight is 403 g/mol. The van der Waals surface area contributed by atoms with Gasteiger partial charge in [0.2, 0.25) is 16.0 Å². The van der Waals surface area contributed by atoms with Crippen molar-refractivity contribution >= 4 is 33.4 Å². The van der Waals surface area contributed by atoms with E-state index >= 15 is 0 Å². The Balaban J connectivity index is 1.63. The van der Waals surface area contributed by atoms with Gasteiger partial charge < -0.3 is 10.1 Å². The smallest absolute Gasteiger partial charge is 0.269 e. The maximum absolute atomic E-state index is 12.7. The molecule has 3 N–H and O–H groups in total. The van der Waals surface area contributed by atoms with E-state index in [1.54, 1.807) is 30.2 Å². The van der Waals surface area contributed by atoms with E-state index in [-0.39, 0.29) is 22.8 Å². The van der Waals surface area contributed by atoms with Crippen molar-refractivity contribution in [1.82, 2.24) is 9.97 Å². The van der Waals surface area contributed by atoms with Crippen molar-refractivity contribution in [2.45, 2.75) is 49.6 Å². The van der Waals surface area contributed by atoms with Gasteiger partial charge in [-0.05, 0) is 44.0 Å². The molecule has 1 unspecified atom stereocenters. The number of nitrogens with two attached hydrogens (primary N) is 1. The van der Waals surface area contributed by atoms with Gasteiger partial charge >= 0.3 is 0 Å². The zero-order valence-electron chi connectivity index (χ0n) is 15.3. The average Bonchev–Trinajstić information content (AvgIpc) is 3.17. The number of anilines is 3. The maximum Gasteiger partial charge on any atom is 0.269 e. The Labute approximate surface area is 163 Å². The van der Waals surface area contributed by atoms with Crippen molar-refractivity contribution in [1.29, 1.82) is 0 Å². The quantitative estimate of drug-likeness (QED) is 0.798. The highest BCUT2D eigenvalue weighted by Gasteiger charge is 2.38. The van der Waals surface area contributed by atoms with E-state index in [0.717, 1.165) is 25.7 Å². The molecule has 1 saturated carbocycles. The van der Waals surface area contributed by atoms with Crippen molar-refractivity contribution in [2.75, 3.05) is 10.2 Å². The SMILES string of the molecule is CC1Oc2cnc(Nc3ccc(S(N)(=O)=O)cc3)nc2N(C2CCCC2)C1=O. The first-order valence-corrected chi connectivity index (χ1v) is 10.6. The Morgan fingerprint density at radius 2 is 1.89 bits per heavy atom. The fourth-order valence-corrected chi connectivity index (χ4v) is 4.11. The van der Waals surface area contributed by atoms with Crippen LogP contribution in [0.3, 0.4) is 0 Å². The highest BCUT2D eigenvalue weighted by Crippen LogP contribution is 2.37. The first kappa shape index (κ1) is 18.6. The number of primary sulfonamides is 1. The normalized spacial score (nSPS) is 20.0. The molecule has 10 heteroatoms. The van der Waals surface area contributed by atoms with Gasteiger partial charge in [-0.2, -0.15) is 4.98 Å². The summed E-state index contributed by atoms with van der Waals surface area (Å²) in [5.74, 6) is 1.14. The molecule has 1 aliphatic heterocycles. The van der Waals surface area contributed by atoms with Crippen LogP contribution in [0, 0.1) is 0 Å². The third-order valence-corrected chi connectivity index (χ3v) is 5.91. The molecule has 1 amide bonds. The Kier molecular flexibility index (Phi) is 4.68.